The number of halogens is 6. The summed E-state index contributed by atoms with van der Waals surface area (Å²) in [7, 11) is 0. The van der Waals surface area contributed by atoms with E-state index >= 15 is 0 Å². The van der Waals surface area contributed by atoms with Crippen LogP contribution >= 0.6 is 0 Å². The molecule has 1 heterocycles. The number of carboxylic acids is 1. The van der Waals surface area contributed by atoms with Crippen LogP contribution in [0, 0.1) is 0 Å². The number of nitrogens with one attached hydrogen (secondary N) is 1. The second-order valence-electron chi connectivity index (χ2n) is 4.04. The number of anilines is 1. The van der Waals surface area contributed by atoms with E-state index in [0.29, 0.717) is 12.1 Å². The summed E-state index contributed by atoms with van der Waals surface area (Å²) in [5.74, 6) is -2.14. The van der Waals surface area contributed by atoms with Gasteiger partial charge in [0.2, 0.25) is 0 Å². The Balaban J connectivity index is 2.85. The standard InChI is InChI=1S/C11H10F6N2O2/c12-10(13,14)4-1-5-18-8-6(9(20)21)2-3-7(19-8)11(15,16)17/h2-3H,1,4-5H2,(H,18,19)(H,20,21). The van der Waals surface area contributed by atoms with Crippen LogP contribution in [0.15, 0.2) is 12.1 Å². The third kappa shape index (κ3) is 5.48. The molecule has 1 rings (SSSR count). The molecule has 0 aliphatic carbocycles. The number of aromatic nitrogens is 1. The van der Waals surface area contributed by atoms with Gasteiger partial charge in [-0.25, -0.2) is 9.78 Å². The number of nitrogens with zero attached hydrogens (tertiary/aromatic N) is 1. The summed E-state index contributed by atoms with van der Waals surface area (Å²) < 4.78 is 73.1. The fourth-order valence-corrected chi connectivity index (χ4v) is 1.42. The van der Waals surface area contributed by atoms with Crippen LogP contribution in [0.1, 0.15) is 28.9 Å². The quantitative estimate of drug-likeness (QED) is 0.644. The lowest BCUT2D eigenvalue weighted by Crippen LogP contribution is -2.16. The van der Waals surface area contributed by atoms with Gasteiger partial charge in [-0.2, -0.15) is 26.3 Å². The third-order valence-electron chi connectivity index (χ3n) is 2.35. The van der Waals surface area contributed by atoms with Crippen molar-refractivity contribution in [3.8, 4) is 0 Å². The van der Waals surface area contributed by atoms with Crippen LogP contribution in [0.25, 0.3) is 0 Å². The molecule has 0 unspecified atom stereocenters. The number of aromatic carboxylic acids is 1. The van der Waals surface area contributed by atoms with Crippen molar-refractivity contribution in [1.29, 1.82) is 0 Å². The summed E-state index contributed by atoms with van der Waals surface area (Å²) in [6.07, 6.45) is -10.7. The Labute approximate surface area is 114 Å². The molecule has 0 radical (unpaired) electrons. The average Bonchev–Trinajstić information content (AvgIpc) is 2.32. The van der Waals surface area contributed by atoms with Crippen LogP contribution in [-0.2, 0) is 6.18 Å². The maximum absolute atomic E-state index is 12.5. The van der Waals surface area contributed by atoms with Crippen molar-refractivity contribution < 1.29 is 36.2 Å². The summed E-state index contributed by atoms with van der Waals surface area (Å²) in [6, 6.07) is 1.19. The van der Waals surface area contributed by atoms with E-state index in [2.05, 4.69) is 10.3 Å². The number of alkyl halides is 6. The lowest BCUT2D eigenvalue weighted by molar-refractivity contribution is -0.141. The number of hydrogen-bond acceptors (Lipinski definition) is 3. The molecule has 0 bridgehead atoms. The van der Waals surface area contributed by atoms with Gasteiger partial charge in [-0.15, -0.1) is 0 Å². The van der Waals surface area contributed by atoms with E-state index in [4.69, 9.17) is 5.11 Å². The molecule has 1 aromatic rings. The largest absolute Gasteiger partial charge is 0.478 e. The molecule has 10 heteroatoms. The summed E-state index contributed by atoms with van der Waals surface area (Å²) in [6.45, 7) is -0.353. The van der Waals surface area contributed by atoms with E-state index in [1.54, 1.807) is 0 Å². The van der Waals surface area contributed by atoms with E-state index in [9.17, 15) is 31.1 Å². The lowest BCUT2D eigenvalue weighted by Gasteiger charge is -2.12. The first-order valence-corrected chi connectivity index (χ1v) is 5.63. The first kappa shape index (κ1) is 17.1. The second kappa shape index (κ2) is 6.19. The zero-order valence-corrected chi connectivity index (χ0v) is 10.3. The van der Waals surface area contributed by atoms with Gasteiger partial charge in [0, 0.05) is 13.0 Å². The predicted octanol–water partition coefficient (Wildman–Crippen LogP) is 3.55. The van der Waals surface area contributed by atoms with E-state index in [1.807, 2.05) is 0 Å². The number of hydrogen-bond donors (Lipinski definition) is 2. The van der Waals surface area contributed by atoms with Crippen LogP contribution in [-0.4, -0.2) is 28.8 Å². The highest BCUT2D eigenvalue weighted by Gasteiger charge is 2.33. The highest BCUT2D eigenvalue weighted by molar-refractivity contribution is 5.93. The van der Waals surface area contributed by atoms with Gasteiger partial charge in [-0.1, -0.05) is 0 Å². The summed E-state index contributed by atoms with van der Waals surface area (Å²) in [5, 5.41) is 11.0. The smallest absolute Gasteiger partial charge is 0.433 e. The Kier molecular flexibility index (Phi) is 5.02. The van der Waals surface area contributed by atoms with Crippen LogP contribution in [0.5, 0.6) is 0 Å². The average molecular weight is 316 g/mol. The third-order valence-corrected chi connectivity index (χ3v) is 2.35. The fourth-order valence-electron chi connectivity index (χ4n) is 1.42. The van der Waals surface area contributed by atoms with Crippen molar-refractivity contribution in [1.82, 2.24) is 4.98 Å². The van der Waals surface area contributed by atoms with Crippen molar-refractivity contribution in [2.75, 3.05) is 11.9 Å². The molecular formula is C11H10F6N2O2. The highest BCUT2D eigenvalue weighted by Crippen LogP contribution is 2.29. The Morgan fingerprint density at radius 3 is 2.29 bits per heavy atom. The molecule has 0 amide bonds. The zero-order chi connectivity index (χ0) is 16.3. The lowest BCUT2D eigenvalue weighted by atomic mass is 10.2. The van der Waals surface area contributed by atoms with Gasteiger partial charge in [0.15, 0.2) is 0 Å². The number of carbonyl (C=O) groups is 1. The van der Waals surface area contributed by atoms with E-state index in [0.717, 1.165) is 0 Å². The Bertz CT molecular complexity index is 512. The fraction of sp³-hybridized carbons (Fsp3) is 0.455. The molecule has 0 aliphatic heterocycles. The zero-order valence-electron chi connectivity index (χ0n) is 10.3. The topological polar surface area (TPSA) is 62.2 Å². The summed E-state index contributed by atoms with van der Waals surface area (Å²) in [4.78, 5) is 13.9. The van der Waals surface area contributed by atoms with Crippen molar-refractivity contribution >= 4 is 11.8 Å². The molecule has 0 aromatic carbocycles. The van der Waals surface area contributed by atoms with Crippen molar-refractivity contribution in [3.05, 3.63) is 23.4 Å². The Hall–Kier alpha value is -2.00. The molecule has 2 N–H and O–H groups in total. The second-order valence-corrected chi connectivity index (χ2v) is 4.04. The Morgan fingerprint density at radius 2 is 1.81 bits per heavy atom. The van der Waals surface area contributed by atoms with Crippen LogP contribution < -0.4 is 5.32 Å². The minimum absolute atomic E-state index is 0.353. The van der Waals surface area contributed by atoms with Crippen molar-refractivity contribution in [2.24, 2.45) is 0 Å². The highest BCUT2D eigenvalue weighted by atomic mass is 19.4. The molecule has 118 valence electrons. The molecule has 0 saturated heterocycles. The van der Waals surface area contributed by atoms with Gasteiger partial charge in [0.25, 0.3) is 0 Å². The SMILES string of the molecule is O=C(O)c1ccc(C(F)(F)F)nc1NCCCC(F)(F)F. The predicted molar refractivity (Wildman–Crippen MR) is 60.0 cm³/mol. The molecule has 4 nitrogen and oxygen atoms in total. The molecule has 0 saturated carbocycles. The van der Waals surface area contributed by atoms with E-state index in [1.165, 1.54) is 0 Å². The molecule has 0 aliphatic rings. The van der Waals surface area contributed by atoms with E-state index < -0.39 is 48.2 Å². The van der Waals surface area contributed by atoms with Crippen molar-refractivity contribution in [2.45, 2.75) is 25.2 Å². The first-order chi connectivity index (χ1) is 9.50. The molecular weight excluding hydrogens is 306 g/mol. The van der Waals surface area contributed by atoms with Crippen molar-refractivity contribution in [3.63, 3.8) is 0 Å². The monoisotopic (exact) mass is 316 g/mol. The number of pyridine rings is 1. The maximum Gasteiger partial charge on any atom is 0.433 e. The Morgan fingerprint density at radius 1 is 1.19 bits per heavy atom. The van der Waals surface area contributed by atoms with Crippen LogP contribution in [0.4, 0.5) is 32.2 Å². The van der Waals surface area contributed by atoms with Gasteiger partial charge in [-0.05, 0) is 18.6 Å². The molecule has 1 aromatic heterocycles. The summed E-state index contributed by atoms with van der Waals surface area (Å²) >= 11 is 0. The summed E-state index contributed by atoms with van der Waals surface area (Å²) in [5.41, 5.74) is -1.87. The number of rotatable bonds is 5. The molecule has 0 atom stereocenters. The normalized spacial score (nSPS) is 12.3. The minimum Gasteiger partial charge on any atom is -0.478 e. The molecule has 21 heavy (non-hydrogen) atoms. The van der Waals surface area contributed by atoms with E-state index in [-0.39, 0.29) is 6.54 Å². The van der Waals surface area contributed by atoms with Gasteiger partial charge in [0.05, 0.1) is 0 Å². The van der Waals surface area contributed by atoms with Crippen LogP contribution in [0.3, 0.4) is 0 Å². The first-order valence-electron chi connectivity index (χ1n) is 5.63. The molecule has 0 spiro atoms. The van der Waals surface area contributed by atoms with Gasteiger partial charge >= 0.3 is 18.3 Å². The van der Waals surface area contributed by atoms with Gasteiger partial charge in [-0.3, -0.25) is 0 Å². The maximum atomic E-state index is 12.5. The van der Waals surface area contributed by atoms with Crippen LogP contribution in [0.2, 0.25) is 0 Å². The number of carboxylic acid groups (broad SMARTS) is 1. The van der Waals surface area contributed by atoms with Gasteiger partial charge < -0.3 is 10.4 Å². The molecule has 0 fully saturated rings. The van der Waals surface area contributed by atoms with Gasteiger partial charge in [0.1, 0.15) is 17.1 Å². The minimum atomic E-state index is -4.78.